The van der Waals surface area contributed by atoms with Gasteiger partial charge in [0.15, 0.2) is 37.7 Å². The Morgan fingerprint density at radius 1 is 0.583 bits per heavy atom. The van der Waals surface area contributed by atoms with Crippen LogP contribution in [0.4, 0.5) is 0 Å². The van der Waals surface area contributed by atoms with Crippen molar-refractivity contribution in [2.45, 2.75) is 132 Å². The monoisotopic (exact) mass is 528 g/mol. The van der Waals surface area contributed by atoms with Crippen LogP contribution in [0.25, 0.3) is 0 Å². The molecule has 0 spiro atoms. The SMILES string of the molecule is CC(=O)O.CCCCOC(C)OC(C)OC(C)OC(OC(C)OC(C)OC(C)OCCCC)C(=O)O. The first-order chi connectivity index (χ1) is 16.8. The van der Waals surface area contributed by atoms with Crippen LogP contribution in [0.2, 0.25) is 0 Å². The minimum atomic E-state index is -1.60. The molecule has 0 rings (SSSR count). The first-order valence-corrected chi connectivity index (χ1v) is 12.4. The number of carboxylic acid groups (broad SMARTS) is 2. The highest BCUT2D eigenvalue weighted by molar-refractivity contribution is 5.70. The molecule has 0 radical (unpaired) electrons. The standard InChI is InChI=1S/C22H44O10.C2H4O2/c1-9-11-13-25-15(3)27-17(5)29-19(7)31-22(21(23)24)32-20(8)30-18(6)28-16(4)26-14-12-10-2;1-2(3)4/h15-20,22H,9-14H2,1-8H3,(H,23,24);1H3,(H,3,4). The number of unbranched alkanes of at least 4 members (excludes halogenated alkanes) is 2. The Morgan fingerprint density at radius 3 is 1.14 bits per heavy atom. The number of aliphatic carboxylic acids is 2. The maximum absolute atomic E-state index is 11.5. The van der Waals surface area contributed by atoms with Gasteiger partial charge < -0.3 is 48.1 Å². The van der Waals surface area contributed by atoms with Crippen LogP contribution in [0, 0.1) is 0 Å². The summed E-state index contributed by atoms with van der Waals surface area (Å²) in [7, 11) is 0. The number of hydrogen-bond donors (Lipinski definition) is 2. The van der Waals surface area contributed by atoms with Crippen LogP contribution in [0.1, 0.15) is 88.0 Å². The van der Waals surface area contributed by atoms with E-state index in [9.17, 15) is 9.90 Å². The van der Waals surface area contributed by atoms with Gasteiger partial charge in [-0.05, 0) is 54.4 Å². The molecule has 0 saturated heterocycles. The van der Waals surface area contributed by atoms with Crippen molar-refractivity contribution in [3.05, 3.63) is 0 Å². The van der Waals surface area contributed by atoms with E-state index < -0.39 is 56.0 Å². The summed E-state index contributed by atoms with van der Waals surface area (Å²) in [5.74, 6) is -2.15. The van der Waals surface area contributed by atoms with E-state index in [4.69, 9.17) is 47.8 Å². The summed E-state index contributed by atoms with van der Waals surface area (Å²) < 4.78 is 43.8. The molecule has 0 saturated carbocycles. The van der Waals surface area contributed by atoms with Gasteiger partial charge in [-0.3, -0.25) is 4.79 Å². The Labute approximate surface area is 215 Å². The molecule has 6 atom stereocenters. The van der Waals surface area contributed by atoms with Gasteiger partial charge in [-0.2, -0.15) is 0 Å². The number of rotatable bonds is 21. The number of hydrogen-bond acceptors (Lipinski definition) is 10. The van der Waals surface area contributed by atoms with Crippen molar-refractivity contribution >= 4 is 11.9 Å². The summed E-state index contributed by atoms with van der Waals surface area (Å²) in [6, 6.07) is 0. The van der Waals surface area contributed by atoms with Crippen molar-refractivity contribution < 1.29 is 57.7 Å². The quantitative estimate of drug-likeness (QED) is 0.162. The van der Waals surface area contributed by atoms with Gasteiger partial charge in [-0.1, -0.05) is 26.7 Å². The fraction of sp³-hybridized carbons (Fsp3) is 0.917. The van der Waals surface area contributed by atoms with E-state index in [0.717, 1.165) is 32.6 Å². The second kappa shape index (κ2) is 22.8. The fourth-order valence-electron chi connectivity index (χ4n) is 2.57. The summed E-state index contributed by atoms with van der Waals surface area (Å²) in [5.41, 5.74) is 0. The van der Waals surface area contributed by atoms with Crippen LogP contribution in [-0.4, -0.2) is 79.4 Å². The summed E-state index contributed by atoms with van der Waals surface area (Å²) in [6.45, 7) is 16.4. The lowest BCUT2D eigenvalue weighted by Gasteiger charge is -2.27. The van der Waals surface area contributed by atoms with Crippen molar-refractivity contribution in [3.8, 4) is 0 Å². The van der Waals surface area contributed by atoms with Gasteiger partial charge in [0, 0.05) is 20.1 Å². The third-order valence-electron chi connectivity index (χ3n) is 4.07. The van der Waals surface area contributed by atoms with Crippen LogP contribution in [0.5, 0.6) is 0 Å². The molecule has 0 aliphatic carbocycles. The largest absolute Gasteiger partial charge is 0.481 e. The van der Waals surface area contributed by atoms with Gasteiger partial charge in [-0.25, -0.2) is 4.79 Å². The van der Waals surface area contributed by atoms with Gasteiger partial charge in [-0.15, -0.1) is 0 Å². The van der Waals surface area contributed by atoms with E-state index in [-0.39, 0.29) is 0 Å². The Bertz CT molecular complexity index is 509. The predicted molar refractivity (Wildman–Crippen MR) is 130 cm³/mol. The summed E-state index contributed by atoms with van der Waals surface area (Å²) >= 11 is 0. The lowest BCUT2D eigenvalue weighted by molar-refractivity contribution is -0.338. The second-order valence-corrected chi connectivity index (χ2v) is 7.86. The molecule has 0 aliphatic rings. The van der Waals surface area contributed by atoms with Gasteiger partial charge in [0.05, 0.1) is 0 Å². The Morgan fingerprint density at radius 2 is 0.861 bits per heavy atom. The average molecular weight is 529 g/mol. The highest BCUT2D eigenvalue weighted by Crippen LogP contribution is 2.13. The first-order valence-electron chi connectivity index (χ1n) is 12.4. The molecule has 12 nitrogen and oxygen atoms in total. The van der Waals surface area contributed by atoms with Crippen LogP contribution in [0.15, 0.2) is 0 Å². The highest BCUT2D eigenvalue weighted by Gasteiger charge is 2.27. The lowest BCUT2D eigenvalue weighted by Crippen LogP contribution is -2.38. The fourth-order valence-corrected chi connectivity index (χ4v) is 2.57. The molecule has 36 heavy (non-hydrogen) atoms. The first kappa shape index (κ1) is 36.8. The normalized spacial score (nSPS) is 17.1. The Balaban J connectivity index is 0. The molecule has 0 fully saturated rings. The maximum Gasteiger partial charge on any atom is 0.361 e. The van der Waals surface area contributed by atoms with E-state index in [2.05, 4.69) is 13.8 Å². The number of carbonyl (C=O) groups is 2. The van der Waals surface area contributed by atoms with Crippen LogP contribution in [-0.2, 0) is 47.5 Å². The van der Waals surface area contributed by atoms with E-state index in [1.54, 1.807) is 41.5 Å². The zero-order valence-electron chi connectivity index (χ0n) is 23.3. The van der Waals surface area contributed by atoms with Gasteiger partial charge in [0.2, 0.25) is 0 Å². The van der Waals surface area contributed by atoms with Crippen LogP contribution >= 0.6 is 0 Å². The van der Waals surface area contributed by atoms with Gasteiger partial charge in [0.25, 0.3) is 12.3 Å². The van der Waals surface area contributed by atoms with Crippen molar-refractivity contribution in [1.82, 2.24) is 0 Å². The van der Waals surface area contributed by atoms with Crippen molar-refractivity contribution in [3.63, 3.8) is 0 Å². The van der Waals surface area contributed by atoms with Gasteiger partial charge >= 0.3 is 5.97 Å². The zero-order valence-corrected chi connectivity index (χ0v) is 23.3. The highest BCUT2D eigenvalue weighted by atomic mass is 16.9. The minimum Gasteiger partial charge on any atom is -0.481 e. The number of ether oxygens (including phenoxy) is 8. The van der Waals surface area contributed by atoms with Crippen LogP contribution < -0.4 is 0 Å². The summed E-state index contributed by atoms with van der Waals surface area (Å²) in [4.78, 5) is 20.5. The molecule has 0 heterocycles. The van der Waals surface area contributed by atoms with Crippen LogP contribution in [0.3, 0.4) is 0 Å². The average Bonchev–Trinajstić information content (AvgIpc) is 2.72. The number of carboxylic acids is 2. The maximum atomic E-state index is 11.5. The Kier molecular flexibility index (Phi) is 23.3. The predicted octanol–water partition coefficient (Wildman–Crippen LogP) is 4.30. The minimum absolute atomic E-state index is 0.460. The molecule has 12 heteroatoms. The Hall–Kier alpha value is -1.38. The van der Waals surface area contributed by atoms with Gasteiger partial charge in [0.1, 0.15) is 0 Å². The third kappa shape index (κ3) is 24.3. The second-order valence-electron chi connectivity index (χ2n) is 7.86. The third-order valence-corrected chi connectivity index (χ3v) is 4.07. The molecule has 0 bridgehead atoms. The summed E-state index contributed by atoms with van der Waals surface area (Å²) in [5, 5.41) is 16.8. The molecule has 0 aliphatic heterocycles. The molecular formula is C24H48O12. The van der Waals surface area contributed by atoms with E-state index in [1.807, 2.05) is 0 Å². The molecular weight excluding hydrogens is 480 g/mol. The molecule has 0 aromatic heterocycles. The topological polar surface area (TPSA) is 148 Å². The van der Waals surface area contributed by atoms with Crippen molar-refractivity contribution in [2.24, 2.45) is 0 Å². The van der Waals surface area contributed by atoms with E-state index in [1.165, 1.54) is 0 Å². The zero-order chi connectivity index (χ0) is 28.1. The molecule has 0 amide bonds. The molecule has 2 N–H and O–H groups in total. The smallest absolute Gasteiger partial charge is 0.361 e. The van der Waals surface area contributed by atoms with Crippen molar-refractivity contribution in [2.75, 3.05) is 13.2 Å². The molecule has 216 valence electrons. The summed E-state index contributed by atoms with van der Waals surface area (Å²) in [6.07, 6.45) is -1.77. The lowest BCUT2D eigenvalue weighted by atomic mass is 10.4. The molecule has 6 unspecified atom stereocenters. The van der Waals surface area contributed by atoms with Crippen molar-refractivity contribution in [1.29, 1.82) is 0 Å². The molecule has 0 aromatic carbocycles. The van der Waals surface area contributed by atoms with E-state index in [0.29, 0.717) is 13.2 Å². The van der Waals surface area contributed by atoms with E-state index >= 15 is 0 Å². The molecule has 0 aromatic rings.